The van der Waals surface area contributed by atoms with Crippen LogP contribution >= 0.6 is 11.3 Å². The quantitative estimate of drug-likeness (QED) is 0.641. The maximum Gasteiger partial charge on any atom is 0.175 e. The van der Waals surface area contributed by atoms with Crippen molar-refractivity contribution in [3.05, 3.63) is 36.0 Å². The van der Waals surface area contributed by atoms with E-state index in [0.717, 1.165) is 53.1 Å². The second-order valence-corrected chi connectivity index (χ2v) is 11.8. The fourth-order valence-electron chi connectivity index (χ4n) is 3.93. The molecule has 1 N–H and O–H groups in total. The zero-order valence-electron chi connectivity index (χ0n) is 17.8. The van der Waals surface area contributed by atoms with Crippen molar-refractivity contribution in [3.63, 3.8) is 0 Å². The van der Waals surface area contributed by atoms with Crippen LogP contribution in [0.4, 0.5) is 5.82 Å². The number of nitrogens with zero attached hydrogens (tertiary/aromatic N) is 3. The van der Waals surface area contributed by atoms with Gasteiger partial charge in [0.15, 0.2) is 9.84 Å². The van der Waals surface area contributed by atoms with Gasteiger partial charge in [-0.1, -0.05) is 12.1 Å². The predicted molar refractivity (Wildman–Crippen MR) is 124 cm³/mol. The summed E-state index contributed by atoms with van der Waals surface area (Å²) in [6.45, 7) is 8.97. The molecule has 3 aromatic rings. The van der Waals surface area contributed by atoms with E-state index in [4.69, 9.17) is 0 Å². The van der Waals surface area contributed by atoms with Crippen LogP contribution in [0, 0.1) is 0 Å². The van der Waals surface area contributed by atoms with Crippen molar-refractivity contribution in [1.29, 1.82) is 0 Å². The fourth-order valence-corrected chi connectivity index (χ4v) is 5.54. The van der Waals surface area contributed by atoms with E-state index in [-0.39, 0.29) is 5.54 Å². The van der Waals surface area contributed by atoms with Crippen LogP contribution < -0.4 is 5.32 Å². The summed E-state index contributed by atoms with van der Waals surface area (Å²) in [7, 11) is -3.20. The molecule has 0 unspecified atom stereocenters. The number of sulfone groups is 1. The van der Waals surface area contributed by atoms with Gasteiger partial charge in [-0.15, -0.1) is 11.3 Å². The van der Waals surface area contributed by atoms with E-state index in [1.54, 1.807) is 29.8 Å². The number of likely N-dealkylation sites (tertiary alicyclic amines) is 1. The summed E-state index contributed by atoms with van der Waals surface area (Å²) in [6.07, 6.45) is 5.01. The molecule has 0 spiro atoms. The number of rotatable bonds is 4. The third-order valence-electron chi connectivity index (χ3n) is 5.73. The average Bonchev–Trinajstić information content (AvgIpc) is 3.12. The van der Waals surface area contributed by atoms with Crippen LogP contribution in [0.25, 0.3) is 21.3 Å². The average molecular weight is 445 g/mol. The summed E-state index contributed by atoms with van der Waals surface area (Å²) in [5, 5.41) is 5.71. The molecular weight excluding hydrogens is 416 g/mol. The molecule has 1 aliphatic heterocycles. The van der Waals surface area contributed by atoms with Crippen LogP contribution in [0.1, 0.15) is 33.6 Å². The second kappa shape index (κ2) is 7.90. The van der Waals surface area contributed by atoms with E-state index in [0.29, 0.717) is 10.9 Å². The Morgan fingerprint density at radius 3 is 2.37 bits per heavy atom. The molecule has 160 valence electrons. The number of fused-ring (bicyclic) bond motifs is 1. The Morgan fingerprint density at radius 1 is 1.10 bits per heavy atom. The lowest BCUT2D eigenvalue weighted by Gasteiger charge is -2.41. The van der Waals surface area contributed by atoms with Gasteiger partial charge in [-0.2, -0.15) is 0 Å². The molecule has 30 heavy (non-hydrogen) atoms. The Hall–Kier alpha value is -2.03. The Morgan fingerprint density at radius 2 is 1.77 bits per heavy atom. The van der Waals surface area contributed by atoms with Crippen molar-refractivity contribution >= 4 is 37.2 Å². The molecule has 0 atom stereocenters. The number of thiophene rings is 1. The van der Waals surface area contributed by atoms with Crippen molar-refractivity contribution in [2.75, 3.05) is 24.7 Å². The van der Waals surface area contributed by atoms with Gasteiger partial charge >= 0.3 is 0 Å². The van der Waals surface area contributed by atoms with Crippen molar-refractivity contribution in [1.82, 2.24) is 14.9 Å². The van der Waals surface area contributed by atoms with E-state index < -0.39 is 9.84 Å². The van der Waals surface area contributed by atoms with Gasteiger partial charge in [-0.05, 0) is 51.3 Å². The highest BCUT2D eigenvalue weighted by molar-refractivity contribution is 7.90. The highest BCUT2D eigenvalue weighted by Gasteiger charge is 2.27. The molecule has 2 aromatic heterocycles. The van der Waals surface area contributed by atoms with Crippen LogP contribution in [0.15, 0.2) is 40.9 Å². The summed E-state index contributed by atoms with van der Waals surface area (Å²) >= 11 is 1.62. The first-order chi connectivity index (χ1) is 14.1. The fraction of sp³-hybridized carbons (Fsp3) is 0.455. The van der Waals surface area contributed by atoms with Crippen molar-refractivity contribution in [3.8, 4) is 11.1 Å². The maximum atomic E-state index is 11.7. The lowest BCUT2D eigenvalue weighted by molar-refractivity contribution is 0.106. The highest BCUT2D eigenvalue weighted by atomic mass is 32.2. The van der Waals surface area contributed by atoms with Crippen molar-refractivity contribution in [2.24, 2.45) is 0 Å². The normalized spacial score (nSPS) is 16.8. The summed E-state index contributed by atoms with van der Waals surface area (Å²) in [5.41, 5.74) is 3.07. The molecule has 0 amide bonds. The van der Waals surface area contributed by atoms with Gasteiger partial charge in [0, 0.05) is 41.9 Å². The highest BCUT2D eigenvalue weighted by Crippen LogP contribution is 2.36. The van der Waals surface area contributed by atoms with Gasteiger partial charge in [0.25, 0.3) is 0 Å². The monoisotopic (exact) mass is 444 g/mol. The number of benzene rings is 1. The van der Waals surface area contributed by atoms with Crippen LogP contribution in [0.3, 0.4) is 0 Å². The van der Waals surface area contributed by atoms with Gasteiger partial charge < -0.3 is 5.32 Å². The first-order valence-corrected chi connectivity index (χ1v) is 12.9. The van der Waals surface area contributed by atoms with Crippen LogP contribution in [0.2, 0.25) is 0 Å². The Labute approximate surface area is 182 Å². The Balaban J connectivity index is 1.56. The SMILES string of the molecule is CC(C)(C)N1CCC(Nc2ncnc3c(-c4ccc(S(C)(=O)=O)cc4)csc23)CC1. The minimum Gasteiger partial charge on any atom is -0.366 e. The predicted octanol–water partition coefficient (Wildman–Crippen LogP) is 4.44. The van der Waals surface area contributed by atoms with Crippen LogP contribution in [0.5, 0.6) is 0 Å². The maximum absolute atomic E-state index is 11.7. The Kier molecular flexibility index (Phi) is 5.59. The molecule has 8 heteroatoms. The lowest BCUT2D eigenvalue weighted by Crippen LogP contribution is -2.48. The number of hydrogen-bond acceptors (Lipinski definition) is 7. The molecule has 1 saturated heterocycles. The number of anilines is 1. The molecule has 0 radical (unpaired) electrons. The molecular formula is C22H28N4O2S2. The lowest BCUT2D eigenvalue weighted by atomic mass is 9.98. The largest absolute Gasteiger partial charge is 0.366 e. The van der Waals surface area contributed by atoms with Crippen molar-refractivity contribution in [2.45, 2.75) is 50.1 Å². The third-order valence-corrected chi connectivity index (χ3v) is 7.84. The molecule has 1 fully saturated rings. The molecule has 3 heterocycles. The van der Waals surface area contributed by atoms with E-state index >= 15 is 0 Å². The summed E-state index contributed by atoms with van der Waals surface area (Å²) in [5.74, 6) is 0.887. The number of hydrogen-bond donors (Lipinski definition) is 1. The summed E-state index contributed by atoms with van der Waals surface area (Å²) in [6, 6.07) is 7.39. The molecule has 1 aromatic carbocycles. The van der Waals surface area contributed by atoms with Crippen LogP contribution in [-0.4, -0.2) is 54.2 Å². The zero-order chi connectivity index (χ0) is 21.5. The first-order valence-electron chi connectivity index (χ1n) is 10.2. The first kappa shape index (κ1) is 21.2. The topological polar surface area (TPSA) is 75.2 Å². The van der Waals surface area contributed by atoms with Crippen molar-refractivity contribution < 1.29 is 8.42 Å². The van der Waals surface area contributed by atoms with E-state index in [1.807, 2.05) is 12.1 Å². The zero-order valence-corrected chi connectivity index (χ0v) is 19.5. The molecule has 0 bridgehead atoms. The number of aromatic nitrogens is 2. The number of piperidine rings is 1. The summed E-state index contributed by atoms with van der Waals surface area (Å²) < 4.78 is 24.5. The van der Waals surface area contributed by atoms with Crippen LogP contribution in [-0.2, 0) is 9.84 Å². The van der Waals surface area contributed by atoms with Gasteiger partial charge in [-0.25, -0.2) is 18.4 Å². The minimum absolute atomic E-state index is 0.211. The van der Waals surface area contributed by atoms with E-state index in [2.05, 4.69) is 46.3 Å². The van der Waals surface area contributed by atoms with Gasteiger partial charge in [0.05, 0.1) is 15.1 Å². The van der Waals surface area contributed by atoms with Gasteiger partial charge in [0.1, 0.15) is 12.1 Å². The number of nitrogens with one attached hydrogen (secondary N) is 1. The third kappa shape index (κ3) is 4.36. The molecule has 0 aliphatic carbocycles. The second-order valence-electron chi connectivity index (χ2n) is 8.92. The van der Waals surface area contributed by atoms with Gasteiger partial charge in [-0.3, -0.25) is 4.90 Å². The standard InChI is InChI=1S/C22H28N4O2S2/c1-22(2,3)26-11-9-16(10-12-26)25-21-20-19(23-14-24-21)18(13-29-20)15-5-7-17(8-6-15)30(4,27)28/h5-8,13-14,16H,9-12H2,1-4H3,(H,23,24,25). The Bertz CT molecular complexity index is 1140. The molecule has 0 saturated carbocycles. The van der Waals surface area contributed by atoms with E-state index in [1.165, 1.54) is 6.26 Å². The van der Waals surface area contributed by atoms with Gasteiger partial charge in [0.2, 0.25) is 0 Å². The smallest absolute Gasteiger partial charge is 0.175 e. The molecule has 4 rings (SSSR count). The molecule has 6 nitrogen and oxygen atoms in total. The molecule has 1 aliphatic rings. The minimum atomic E-state index is -3.20. The summed E-state index contributed by atoms with van der Waals surface area (Å²) in [4.78, 5) is 11.9. The van der Waals surface area contributed by atoms with E-state index in [9.17, 15) is 8.42 Å².